The first-order valence-corrected chi connectivity index (χ1v) is 9.29. The van der Waals surface area contributed by atoms with Crippen LogP contribution in [0.1, 0.15) is 27.7 Å². The second-order valence-corrected chi connectivity index (χ2v) is 8.35. The van der Waals surface area contributed by atoms with Crippen LogP contribution in [0.3, 0.4) is 0 Å². The molecule has 0 radical (unpaired) electrons. The molecule has 4 rings (SSSR count). The summed E-state index contributed by atoms with van der Waals surface area (Å²) in [6.07, 6.45) is 3.60. The number of aromatic nitrogens is 1. The van der Waals surface area contributed by atoms with E-state index in [4.69, 9.17) is 20.7 Å². The molecule has 2 aromatic heterocycles. The van der Waals surface area contributed by atoms with Gasteiger partial charge in [-0.1, -0.05) is 17.7 Å². The molecule has 1 N–H and O–H groups in total. The van der Waals surface area contributed by atoms with Gasteiger partial charge in [0, 0.05) is 28.6 Å². The van der Waals surface area contributed by atoms with Crippen LogP contribution in [0.2, 0.25) is 5.02 Å². The van der Waals surface area contributed by atoms with Crippen molar-refractivity contribution in [3.05, 3.63) is 47.7 Å². The van der Waals surface area contributed by atoms with Crippen LogP contribution in [-0.2, 0) is 4.65 Å². The van der Waals surface area contributed by atoms with Crippen molar-refractivity contribution in [3.8, 4) is 0 Å². The average molecular weight is 382 g/mol. The Morgan fingerprint density at radius 1 is 1.11 bits per heavy atom. The van der Waals surface area contributed by atoms with Gasteiger partial charge in [-0.3, -0.25) is 4.98 Å². The third-order valence-electron chi connectivity index (χ3n) is 5.48. The summed E-state index contributed by atoms with van der Waals surface area (Å²) in [5, 5.41) is 14.9. The van der Waals surface area contributed by atoms with E-state index in [9.17, 15) is 5.11 Å². The van der Waals surface area contributed by atoms with Gasteiger partial charge < -0.3 is 14.2 Å². The molecule has 0 saturated heterocycles. The van der Waals surface area contributed by atoms with Crippen LogP contribution >= 0.6 is 11.6 Å². The molecule has 0 amide bonds. The molecule has 6 heteroatoms. The lowest BCUT2D eigenvalue weighted by Gasteiger charge is -2.37. The van der Waals surface area contributed by atoms with Crippen LogP contribution in [0.15, 0.2) is 47.1 Å². The molecule has 0 unspecified atom stereocenters. The molecule has 0 aliphatic carbocycles. The van der Waals surface area contributed by atoms with Crippen LogP contribution in [-0.4, -0.2) is 28.8 Å². The summed E-state index contributed by atoms with van der Waals surface area (Å²) in [6.45, 7) is 7.26. The maximum Gasteiger partial charge on any atom is 0.310 e. The first kappa shape index (κ1) is 18.3. The third kappa shape index (κ3) is 3.10. The zero-order valence-electron chi connectivity index (χ0n) is 15.8. The second-order valence-electron chi connectivity index (χ2n) is 7.94. The van der Waals surface area contributed by atoms with E-state index in [1.165, 1.54) is 0 Å². The summed E-state index contributed by atoms with van der Waals surface area (Å²) in [7, 11) is 0.338. The minimum absolute atomic E-state index is 0.338. The summed E-state index contributed by atoms with van der Waals surface area (Å²) in [4.78, 5) is 4.21. The Morgan fingerprint density at radius 3 is 2.63 bits per heavy atom. The van der Waals surface area contributed by atoms with Crippen molar-refractivity contribution >= 4 is 57.3 Å². The zero-order valence-corrected chi connectivity index (χ0v) is 16.6. The van der Waals surface area contributed by atoms with Gasteiger partial charge in [-0.25, -0.2) is 0 Å². The average Bonchev–Trinajstić information content (AvgIpc) is 2.98. The van der Waals surface area contributed by atoms with Gasteiger partial charge in [0.15, 0.2) is 5.58 Å². The molecule has 0 fully saturated rings. The van der Waals surface area contributed by atoms with Crippen LogP contribution in [0, 0.1) is 0 Å². The van der Waals surface area contributed by atoms with Gasteiger partial charge in [-0.05, 0) is 62.8 Å². The molecule has 4 aromatic rings. The molecule has 0 aliphatic rings. The molecule has 138 valence electrons. The fraction of sp³-hybridized carbons (Fsp3) is 0.286. The van der Waals surface area contributed by atoms with E-state index >= 15 is 0 Å². The molecule has 0 spiro atoms. The predicted octanol–water partition coefficient (Wildman–Crippen LogP) is 4.33. The first-order chi connectivity index (χ1) is 12.7. The Balaban J connectivity index is 1.88. The number of rotatable bonds is 4. The summed E-state index contributed by atoms with van der Waals surface area (Å²) in [6, 6.07) is 9.81. The number of hydrogen-bond acceptors (Lipinski definition) is 4. The van der Waals surface area contributed by atoms with E-state index in [0.29, 0.717) is 18.1 Å². The summed E-state index contributed by atoms with van der Waals surface area (Å²) >= 11 is 6.41. The van der Waals surface area contributed by atoms with E-state index < -0.39 is 11.2 Å². The number of hydrogen-bond donors (Lipinski definition) is 1. The van der Waals surface area contributed by atoms with Crippen molar-refractivity contribution in [1.82, 2.24) is 4.98 Å². The van der Waals surface area contributed by atoms with Crippen molar-refractivity contribution < 1.29 is 14.2 Å². The van der Waals surface area contributed by atoms with E-state index in [-0.39, 0.29) is 0 Å². The number of furan rings is 1. The lowest BCUT2D eigenvalue weighted by Crippen LogP contribution is -2.49. The highest BCUT2D eigenvalue weighted by Gasteiger charge is 2.36. The van der Waals surface area contributed by atoms with Crippen LogP contribution in [0.5, 0.6) is 0 Å². The van der Waals surface area contributed by atoms with Gasteiger partial charge in [-0.2, -0.15) is 0 Å². The molecule has 4 nitrogen and oxygen atoms in total. The minimum Gasteiger partial charge on any atom is -0.454 e. The van der Waals surface area contributed by atoms with Crippen LogP contribution in [0.4, 0.5) is 0 Å². The maximum absolute atomic E-state index is 10.4. The lowest BCUT2D eigenvalue weighted by atomic mass is 9.80. The predicted molar refractivity (Wildman–Crippen MR) is 112 cm³/mol. The molecule has 27 heavy (non-hydrogen) atoms. The summed E-state index contributed by atoms with van der Waals surface area (Å²) in [5.41, 5.74) is 0.708. The Kier molecular flexibility index (Phi) is 4.22. The highest BCUT2D eigenvalue weighted by Crippen LogP contribution is 2.34. The monoisotopic (exact) mass is 381 g/mol. The van der Waals surface area contributed by atoms with E-state index in [0.717, 1.165) is 32.6 Å². The Hall–Kier alpha value is -2.08. The minimum atomic E-state index is -0.973. The largest absolute Gasteiger partial charge is 0.454 e. The maximum atomic E-state index is 10.4. The standard InChI is InChI=1S/C21H21BClNO3/c1-20(2,25)21(3,4)27-22-15-5-6-16(23)19-18(15)14-9-13-11-24-8-7-12(13)10-17(14)26-19/h5-11,22,25H,1-4H3. The Morgan fingerprint density at radius 2 is 1.89 bits per heavy atom. The van der Waals surface area contributed by atoms with Gasteiger partial charge >= 0.3 is 7.48 Å². The molecular weight excluding hydrogens is 361 g/mol. The van der Waals surface area contributed by atoms with Crippen LogP contribution < -0.4 is 5.46 Å². The summed E-state index contributed by atoms with van der Waals surface area (Å²) in [5.74, 6) is 0. The number of aliphatic hydroxyl groups is 1. The Bertz CT molecular complexity index is 1160. The van der Waals surface area contributed by atoms with Crippen LogP contribution in [0.25, 0.3) is 32.7 Å². The van der Waals surface area contributed by atoms with E-state index in [1.54, 1.807) is 20.0 Å². The highest BCUT2D eigenvalue weighted by atomic mass is 35.5. The molecule has 2 heterocycles. The normalized spacial score (nSPS) is 13.0. The van der Waals surface area contributed by atoms with Crippen molar-refractivity contribution in [2.45, 2.75) is 38.9 Å². The molecule has 0 bridgehead atoms. The fourth-order valence-corrected chi connectivity index (χ4v) is 3.25. The number of nitrogens with zero attached hydrogens (tertiary/aromatic N) is 1. The van der Waals surface area contributed by atoms with E-state index in [1.807, 2.05) is 44.3 Å². The number of halogens is 1. The van der Waals surface area contributed by atoms with Gasteiger partial charge in [0.2, 0.25) is 0 Å². The molecular formula is C21H21BClNO3. The van der Waals surface area contributed by atoms with Gasteiger partial charge in [0.05, 0.1) is 16.2 Å². The molecule has 2 aromatic carbocycles. The van der Waals surface area contributed by atoms with Gasteiger partial charge in [0.25, 0.3) is 0 Å². The zero-order chi connectivity index (χ0) is 19.4. The van der Waals surface area contributed by atoms with Gasteiger partial charge in [-0.15, -0.1) is 0 Å². The number of benzene rings is 2. The molecule has 0 atom stereocenters. The number of fused-ring (bicyclic) bond motifs is 4. The van der Waals surface area contributed by atoms with Gasteiger partial charge in [0.1, 0.15) is 5.58 Å². The van der Waals surface area contributed by atoms with Crippen molar-refractivity contribution in [3.63, 3.8) is 0 Å². The molecule has 0 saturated carbocycles. The SMILES string of the molecule is CC(C)(O)C(C)(C)OBc1ccc(Cl)c2oc3cc4ccncc4cc3c12. The Labute approximate surface area is 163 Å². The lowest BCUT2D eigenvalue weighted by molar-refractivity contribution is -0.0893. The first-order valence-electron chi connectivity index (χ1n) is 8.91. The number of pyridine rings is 1. The fourth-order valence-electron chi connectivity index (χ4n) is 3.05. The topological polar surface area (TPSA) is 55.5 Å². The smallest absolute Gasteiger partial charge is 0.310 e. The molecule has 0 aliphatic heterocycles. The highest BCUT2D eigenvalue weighted by molar-refractivity contribution is 6.54. The van der Waals surface area contributed by atoms with Crippen molar-refractivity contribution in [2.75, 3.05) is 0 Å². The van der Waals surface area contributed by atoms with E-state index in [2.05, 4.69) is 11.1 Å². The quantitative estimate of drug-likeness (QED) is 0.535. The summed E-state index contributed by atoms with van der Waals surface area (Å²) < 4.78 is 12.2. The second kappa shape index (κ2) is 6.23. The third-order valence-corrected chi connectivity index (χ3v) is 5.78. The van der Waals surface area contributed by atoms with Crippen molar-refractivity contribution in [2.24, 2.45) is 0 Å². The van der Waals surface area contributed by atoms with Crippen molar-refractivity contribution in [1.29, 1.82) is 0 Å².